The Morgan fingerprint density at radius 1 is 1.69 bits per heavy atom. The molecule has 0 aliphatic heterocycles. The van der Waals surface area contributed by atoms with Crippen LogP contribution in [0.4, 0.5) is 5.69 Å². The first-order valence-electron chi connectivity index (χ1n) is 4.56. The van der Waals surface area contributed by atoms with Crippen LogP contribution >= 0.6 is 0 Å². The van der Waals surface area contributed by atoms with Crippen molar-refractivity contribution in [2.45, 2.75) is 13.3 Å². The van der Waals surface area contributed by atoms with Crippen LogP contribution < -0.4 is 5.73 Å². The van der Waals surface area contributed by atoms with E-state index in [1.165, 1.54) is 12.3 Å². The van der Waals surface area contributed by atoms with Gasteiger partial charge in [0.25, 0.3) is 5.69 Å². The molecule has 0 saturated carbocycles. The summed E-state index contributed by atoms with van der Waals surface area (Å²) in [6.45, 7) is 1.56. The van der Waals surface area contributed by atoms with E-state index in [0.29, 0.717) is 11.3 Å². The van der Waals surface area contributed by atoms with Crippen molar-refractivity contribution < 1.29 is 9.72 Å². The van der Waals surface area contributed by atoms with E-state index in [1.54, 1.807) is 19.1 Å². The summed E-state index contributed by atoms with van der Waals surface area (Å²) >= 11 is 0. The van der Waals surface area contributed by atoms with Crippen molar-refractivity contribution in [1.82, 2.24) is 4.98 Å². The highest BCUT2D eigenvalue weighted by molar-refractivity contribution is 5.76. The Balaban J connectivity index is 2.91. The van der Waals surface area contributed by atoms with E-state index in [1.807, 2.05) is 0 Å². The minimum absolute atomic E-state index is 0.0405. The number of carbonyl (C=O) groups excluding carboxylic acids is 1. The van der Waals surface area contributed by atoms with Gasteiger partial charge in [-0.2, -0.15) is 0 Å². The highest BCUT2D eigenvalue weighted by Crippen LogP contribution is 2.17. The van der Waals surface area contributed by atoms with Crippen molar-refractivity contribution in [3.8, 4) is 0 Å². The average molecular weight is 221 g/mol. The first-order chi connectivity index (χ1) is 7.50. The molecule has 0 aromatic carbocycles. The van der Waals surface area contributed by atoms with Crippen LogP contribution in [0.25, 0.3) is 6.08 Å². The van der Waals surface area contributed by atoms with Gasteiger partial charge in [0, 0.05) is 18.7 Å². The van der Waals surface area contributed by atoms with Crippen molar-refractivity contribution in [3.63, 3.8) is 0 Å². The summed E-state index contributed by atoms with van der Waals surface area (Å²) in [5.41, 5.74) is 5.83. The molecule has 0 atom stereocenters. The molecule has 0 unspecified atom stereocenters. The van der Waals surface area contributed by atoms with Gasteiger partial charge in [-0.05, 0) is 12.5 Å². The molecular weight excluding hydrogens is 210 g/mol. The number of nitro groups is 1. The molecule has 84 valence electrons. The Morgan fingerprint density at radius 3 is 2.94 bits per heavy atom. The van der Waals surface area contributed by atoms with Crippen LogP contribution in [0.3, 0.4) is 0 Å². The minimum atomic E-state index is -0.492. The number of carbonyl (C=O) groups is 1. The Kier molecular flexibility index (Phi) is 3.71. The van der Waals surface area contributed by atoms with Gasteiger partial charge in [0.05, 0.1) is 4.92 Å². The molecule has 0 aliphatic rings. The van der Waals surface area contributed by atoms with Crippen LogP contribution in [0.15, 0.2) is 18.3 Å². The number of primary amides is 1. The van der Waals surface area contributed by atoms with Crippen LogP contribution in [0.5, 0.6) is 0 Å². The number of rotatable bonds is 4. The molecule has 0 spiro atoms. The molecular formula is C10H11N3O3. The van der Waals surface area contributed by atoms with Crippen LogP contribution in [0, 0.1) is 17.0 Å². The molecule has 1 aromatic heterocycles. The van der Waals surface area contributed by atoms with Gasteiger partial charge in [-0.3, -0.25) is 19.9 Å². The van der Waals surface area contributed by atoms with E-state index in [-0.39, 0.29) is 12.1 Å². The molecule has 6 nitrogen and oxygen atoms in total. The first kappa shape index (κ1) is 11.8. The monoisotopic (exact) mass is 221 g/mol. The zero-order valence-corrected chi connectivity index (χ0v) is 8.71. The third-order valence-electron chi connectivity index (χ3n) is 1.91. The Bertz CT molecular complexity index is 455. The minimum Gasteiger partial charge on any atom is -0.369 e. The fraction of sp³-hybridized carbons (Fsp3) is 0.200. The van der Waals surface area contributed by atoms with Gasteiger partial charge in [0.15, 0.2) is 0 Å². The van der Waals surface area contributed by atoms with Gasteiger partial charge in [0.2, 0.25) is 5.91 Å². The summed E-state index contributed by atoms with van der Waals surface area (Å²) in [5.74, 6) is -0.453. The van der Waals surface area contributed by atoms with Crippen molar-refractivity contribution >= 4 is 17.7 Å². The van der Waals surface area contributed by atoms with E-state index in [2.05, 4.69) is 4.98 Å². The van der Waals surface area contributed by atoms with Crippen molar-refractivity contribution in [2.24, 2.45) is 5.73 Å². The molecule has 1 rings (SSSR count). The third-order valence-corrected chi connectivity index (χ3v) is 1.91. The predicted octanol–water partition coefficient (Wildman–Crippen LogP) is 1.19. The van der Waals surface area contributed by atoms with Crippen LogP contribution in [-0.4, -0.2) is 15.8 Å². The third kappa shape index (κ3) is 3.16. The number of nitrogens with two attached hydrogens (primary N) is 1. The van der Waals surface area contributed by atoms with E-state index in [9.17, 15) is 14.9 Å². The fourth-order valence-electron chi connectivity index (χ4n) is 1.12. The number of hydrogen-bond donors (Lipinski definition) is 1. The topological polar surface area (TPSA) is 99.1 Å². The van der Waals surface area contributed by atoms with Gasteiger partial charge < -0.3 is 5.73 Å². The Labute approximate surface area is 91.9 Å². The van der Waals surface area contributed by atoms with Gasteiger partial charge >= 0.3 is 0 Å². The molecule has 0 fully saturated rings. The highest BCUT2D eigenvalue weighted by Gasteiger charge is 2.10. The predicted molar refractivity (Wildman–Crippen MR) is 58.5 cm³/mol. The van der Waals surface area contributed by atoms with Gasteiger partial charge in [-0.15, -0.1) is 0 Å². The maximum Gasteiger partial charge on any atom is 0.291 e. The number of hydrogen-bond acceptors (Lipinski definition) is 4. The zero-order chi connectivity index (χ0) is 12.1. The largest absolute Gasteiger partial charge is 0.369 e. The molecule has 0 bridgehead atoms. The van der Waals surface area contributed by atoms with E-state index in [4.69, 9.17) is 5.73 Å². The van der Waals surface area contributed by atoms with Gasteiger partial charge in [-0.25, -0.2) is 0 Å². The number of nitrogens with zero attached hydrogens (tertiary/aromatic N) is 2. The molecule has 1 amide bonds. The van der Waals surface area contributed by atoms with Gasteiger partial charge in [0.1, 0.15) is 5.69 Å². The highest BCUT2D eigenvalue weighted by atomic mass is 16.6. The smallest absolute Gasteiger partial charge is 0.291 e. The SMILES string of the molecule is Cc1ncc(C=CCC(N)=O)cc1[N+](=O)[O-]. The van der Waals surface area contributed by atoms with E-state index >= 15 is 0 Å². The second kappa shape index (κ2) is 5.01. The van der Waals surface area contributed by atoms with Crippen LogP contribution in [-0.2, 0) is 4.79 Å². The summed E-state index contributed by atoms with van der Waals surface area (Å²) in [5, 5.41) is 10.6. The number of aryl methyl sites for hydroxylation is 1. The van der Waals surface area contributed by atoms with Gasteiger partial charge in [-0.1, -0.05) is 12.2 Å². The molecule has 0 radical (unpaired) electrons. The Hall–Kier alpha value is -2.24. The summed E-state index contributed by atoms with van der Waals surface area (Å²) in [4.78, 5) is 24.5. The number of pyridine rings is 1. The maximum atomic E-state index is 10.6. The molecule has 1 aromatic rings. The molecule has 16 heavy (non-hydrogen) atoms. The van der Waals surface area contributed by atoms with Crippen molar-refractivity contribution in [1.29, 1.82) is 0 Å². The zero-order valence-electron chi connectivity index (χ0n) is 8.71. The molecule has 0 aliphatic carbocycles. The van der Waals surface area contributed by atoms with Crippen LogP contribution in [0.1, 0.15) is 17.7 Å². The summed E-state index contributed by atoms with van der Waals surface area (Å²) < 4.78 is 0. The molecule has 0 saturated heterocycles. The lowest BCUT2D eigenvalue weighted by Crippen LogP contribution is -2.07. The fourth-order valence-corrected chi connectivity index (χ4v) is 1.12. The molecule has 6 heteroatoms. The quantitative estimate of drug-likeness (QED) is 0.609. The Morgan fingerprint density at radius 2 is 2.38 bits per heavy atom. The summed E-state index contributed by atoms with van der Waals surface area (Å²) in [6.07, 6.45) is 4.71. The summed E-state index contributed by atoms with van der Waals surface area (Å²) in [7, 11) is 0. The second-order valence-electron chi connectivity index (χ2n) is 3.20. The van der Waals surface area contributed by atoms with Crippen molar-refractivity contribution in [3.05, 3.63) is 39.7 Å². The normalized spacial score (nSPS) is 10.6. The van der Waals surface area contributed by atoms with Crippen LogP contribution in [0.2, 0.25) is 0 Å². The summed E-state index contributed by atoms with van der Waals surface area (Å²) in [6, 6.07) is 1.40. The molecule has 1 heterocycles. The number of amides is 1. The van der Waals surface area contributed by atoms with E-state index in [0.717, 1.165) is 0 Å². The van der Waals surface area contributed by atoms with Crippen molar-refractivity contribution in [2.75, 3.05) is 0 Å². The first-order valence-corrected chi connectivity index (χ1v) is 4.56. The van der Waals surface area contributed by atoms with E-state index < -0.39 is 10.8 Å². The standard InChI is InChI=1S/C10H11N3O3/c1-7-9(13(15)16)5-8(6-12-7)3-2-4-10(11)14/h2-3,5-6H,4H2,1H3,(H2,11,14). The number of aromatic nitrogens is 1. The second-order valence-corrected chi connectivity index (χ2v) is 3.20. The molecule has 2 N–H and O–H groups in total. The lowest BCUT2D eigenvalue weighted by atomic mass is 10.2. The maximum absolute atomic E-state index is 10.6. The lowest BCUT2D eigenvalue weighted by molar-refractivity contribution is -0.385. The average Bonchev–Trinajstić information content (AvgIpc) is 2.19. The lowest BCUT2D eigenvalue weighted by Gasteiger charge is -1.97.